The first-order chi connectivity index (χ1) is 22.7. The zero-order valence-electron chi connectivity index (χ0n) is 26.8. The molecule has 3 heterocycles. The van der Waals surface area contributed by atoms with Gasteiger partial charge in [0.1, 0.15) is 10.9 Å². The fourth-order valence-corrected chi connectivity index (χ4v) is 7.84. The molecule has 5 N–H and O–H groups in total. The van der Waals surface area contributed by atoms with Crippen molar-refractivity contribution in [2.75, 3.05) is 50.4 Å². The SMILES string of the molecule is Nc1ccc(C[C@H](NS(=O)(=O)c2cnccc2N[C@@H](Cc2ccccc2)CN2CCC(O)CC2)C(=O)N2CCC(CCF)CC2)cc1. The molecule has 10 nitrogen and oxygen atoms in total. The van der Waals surface area contributed by atoms with Gasteiger partial charge in [0.25, 0.3) is 0 Å². The van der Waals surface area contributed by atoms with Crippen molar-refractivity contribution < 1.29 is 22.7 Å². The van der Waals surface area contributed by atoms with Gasteiger partial charge in [-0.3, -0.25) is 14.2 Å². The summed E-state index contributed by atoms with van der Waals surface area (Å²) in [5.41, 5.74) is 8.73. The lowest BCUT2D eigenvalue weighted by Crippen LogP contribution is -2.51. The van der Waals surface area contributed by atoms with E-state index >= 15 is 0 Å². The van der Waals surface area contributed by atoms with Crippen molar-refractivity contribution >= 4 is 27.3 Å². The number of halogens is 1. The maximum absolute atomic E-state index is 14.1. The molecule has 0 unspecified atom stereocenters. The molecule has 0 bridgehead atoms. The summed E-state index contributed by atoms with van der Waals surface area (Å²) in [4.78, 5) is 22.0. The second kappa shape index (κ2) is 16.5. The Kier molecular flexibility index (Phi) is 12.2. The zero-order valence-corrected chi connectivity index (χ0v) is 27.6. The quantitative estimate of drug-likeness (QED) is 0.191. The van der Waals surface area contributed by atoms with Gasteiger partial charge in [-0.25, -0.2) is 8.42 Å². The molecule has 0 aliphatic carbocycles. The molecule has 3 aromatic rings. The number of nitrogens with two attached hydrogens (primary N) is 1. The lowest BCUT2D eigenvalue weighted by Gasteiger charge is -2.34. The fraction of sp³-hybridized carbons (Fsp3) is 0.486. The van der Waals surface area contributed by atoms with Crippen molar-refractivity contribution in [1.82, 2.24) is 19.5 Å². The van der Waals surface area contributed by atoms with Crippen LogP contribution in [-0.4, -0.2) is 91.8 Å². The van der Waals surface area contributed by atoms with E-state index in [2.05, 4.69) is 19.9 Å². The highest BCUT2D eigenvalue weighted by atomic mass is 32.2. The minimum absolute atomic E-state index is 0.0381. The summed E-state index contributed by atoms with van der Waals surface area (Å²) in [6, 6.07) is 17.5. The number of nitrogens with one attached hydrogen (secondary N) is 2. The molecule has 1 amide bonds. The molecule has 5 rings (SSSR count). The Balaban J connectivity index is 1.37. The van der Waals surface area contributed by atoms with Crippen LogP contribution in [0.3, 0.4) is 0 Å². The number of aliphatic hydroxyl groups excluding tert-OH is 1. The van der Waals surface area contributed by atoms with E-state index < -0.39 is 16.1 Å². The maximum Gasteiger partial charge on any atom is 0.244 e. The lowest BCUT2D eigenvalue weighted by atomic mass is 9.93. The third kappa shape index (κ3) is 9.96. The lowest BCUT2D eigenvalue weighted by molar-refractivity contribution is -0.134. The number of pyridine rings is 1. The predicted molar refractivity (Wildman–Crippen MR) is 182 cm³/mol. The molecule has 0 spiro atoms. The zero-order chi connectivity index (χ0) is 33.2. The summed E-state index contributed by atoms with van der Waals surface area (Å²) in [6.07, 6.45) is 6.63. The smallest absolute Gasteiger partial charge is 0.244 e. The molecule has 2 atom stereocenters. The van der Waals surface area contributed by atoms with Crippen LogP contribution in [0, 0.1) is 5.92 Å². The summed E-state index contributed by atoms with van der Waals surface area (Å²) in [7, 11) is -4.22. The van der Waals surface area contributed by atoms with E-state index in [1.807, 2.05) is 30.3 Å². The van der Waals surface area contributed by atoms with Crippen molar-refractivity contribution in [3.05, 3.63) is 84.2 Å². The van der Waals surface area contributed by atoms with Crippen molar-refractivity contribution in [3.8, 4) is 0 Å². The topological polar surface area (TPSA) is 141 Å². The summed E-state index contributed by atoms with van der Waals surface area (Å²) in [5.74, 6) is -0.0871. The maximum atomic E-state index is 14.1. The number of benzene rings is 2. The van der Waals surface area contributed by atoms with E-state index in [1.165, 1.54) is 6.20 Å². The van der Waals surface area contributed by atoms with Crippen LogP contribution >= 0.6 is 0 Å². The van der Waals surface area contributed by atoms with Crippen molar-refractivity contribution in [3.63, 3.8) is 0 Å². The number of carbonyl (C=O) groups excluding carboxylic acids is 1. The van der Waals surface area contributed by atoms with Gasteiger partial charge in [-0.15, -0.1) is 0 Å². The Labute approximate surface area is 277 Å². The van der Waals surface area contributed by atoms with Gasteiger partial charge in [0.05, 0.1) is 18.5 Å². The number of aliphatic hydroxyl groups is 1. The van der Waals surface area contributed by atoms with E-state index in [4.69, 9.17) is 5.73 Å². The van der Waals surface area contributed by atoms with Gasteiger partial charge >= 0.3 is 0 Å². The monoisotopic (exact) mass is 666 g/mol. The first-order valence-corrected chi connectivity index (χ1v) is 18.0. The van der Waals surface area contributed by atoms with Gasteiger partial charge in [0, 0.05) is 56.8 Å². The third-order valence-electron chi connectivity index (χ3n) is 9.25. The molecule has 2 aliphatic heterocycles. The minimum Gasteiger partial charge on any atom is -0.399 e. The van der Waals surface area contributed by atoms with Crippen LogP contribution in [0.25, 0.3) is 0 Å². The number of anilines is 2. The number of aromatic nitrogens is 1. The van der Waals surface area contributed by atoms with Gasteiger partial charge < -0.3 is 26.0 Å². The van der Waals surface area contributed by atoms with Crippen LogP contribution in [-0.2, 0) is 27.7 Å². The molecule has 0 radical (unpaired) electrons. The van der Waals surface area contributed by atoms with Crippen LogP contribution in [0.4, 0.5) is 15.8 Å². The van der Waals surface area contributed by atoms with E-state index in [-0.39, 0.29) is 42.0 Å². The average Bonchev–Trinajstić information content (AvgIpc) is 3.07. The summed E-state index contributed by atoms with van der Waals surface area (Å²) >= 11 is 0. The van der Waals surface area contributed by atoms with E-state index in [1.54, 1.807) is 41.4 Å². The molecule has 2 fully saturated rings. The van der Waals surface area contributed by atoms with Crippen molar-refractivity contribution in [2.24, 2.45) is 5.92 Å². The minimum atomic E-state index is -4.22. The average molecular weight is 667 g/mol. The number of piperidine rings is 2. The Hall–Kier alpha value is -3.58. The first kappa shape index (κ1) is 34.7. The molecule has 12 heteroatoms. The van der Waals surface area contributed by atoms with Crippen LogP contribution in [0.15, 0.2) is 78.0 Å². The Morgan fingerprint density at radius 1 is 0.957 bits per heavy atom. The molecule has 1 aromatic heterocycles. The number of hydrogen-bond acceptors (Lipinski definition) is 8. The highest BCUT2D eigenvalue weighted by Gasteiger charge is 2.33. The number of likely N-dealkylation sites (tertiary alicyclic amines) is 2. The number of hydrogen-bond donors (Lipinski definition) is 4. The highest BCUT2D eigenvalue weighted by molar-refractivity contribution is 7.89. The molecule has 254 valence electrons. The number of amides is 1. The molecule has 2 aromatic carbocycles. The largest absolute Gasteiger partial charge is 0.399 e. The third-order valence-corrected chi connectivity index (χ3v) is 10.8. The number of rotatable bonds is 14. The van der Waals surface area contributed by atoms with Crippen LogP contribution < -0.4 is 15.8 Å². The molecule has 47 heavy (non-hydrogen) atoms. The fourth-order valence-electron chi connectivity index (χ4n) is 6.54. The van der Waals surface area contributed by atoms with Crippen LogP contribution in [0.5, 0.6) is 0 Å². The summed E-state index contributed by atoms with van der Waals surface area (Å²) in [5, 5.41) is 13.5. The number of nitrogens with zero attached hydrogens (tertiary/aromatic N) is 3. The number of alkyl halides is 1. The molecular formula is C35H47FN6O4S. The Morgan fingerprint density at radius 3 is 2.32 bits per heavy atom. The van der Waals surface area contributed by atoms with E-state index in [0.717, 1.165) is 24.2 Å². The normalized spacial score (nSPS) is 18.1. The standard InChI is InChI=1S/C35H47FN6O4S/c36-16-10-26-12-20-42(21-13-26)35(44)33(23-28-6-8-29(37)9-7-28)40-47(45,46)34-24-38-17-11-32(34)39-30(22-27-4-2-1-3-5-27)25-41-18-14-31(43)15-19-41/h1-9,11,17,24,26,30-31,33,40,43H,10,12-16,18-23,25,37H2,(H,38,39)/t30-,33-/m0/s1. The summed E-state index contributed by atoms with van der Waals surface area (Å²) < 4.78 is 43.9. The Morgan fingerprint density at radius 2 is 1.64 bits per heavy atom. The van der Waals surface area contributed by atoms with E-state index in [9.17, 15) is 22.7 Å². The number of nitrogen functional groups attached to an aromatic ring is 1. The second-order valence-corrected chi connectivity index (χ2v) is 14.5. The van der Waals surface area contributed by atoms with Gasteiger partial charge in [-0.05, 0) is 80.2 Å². The van der Waals surface area contributed by atoms with Gasteiger partial charge in [0.2, 0.25) is 15.9 Å². The predicted octanol–water partition coefficient (Wildman–Crippen LogP) is 3.63. The van der Waals surface area contributed by atoms with Crippen LogP contribution in [0.2, 0.25) is 0 Å². The van der Waals surface area contributed by atoms with Crippen LogP contribution in [0.1, 0.15) is 43.2 Å². The Bertz CT molecular complexity index is 1530. The highest BCUT2D eigenvalue weighted by Crippen LogP contribution is 2.25. The molecular weight excluding hydrogens is 619 g/mol. The molecule has 2 saturated heterocycles. The molecule has 0 saturated carbocycles. The van der Waals surface area contributed by atoms with E-state index in [0.29, 0.717) is 69.5 Å². The number of carbonyl (C=O) groups is 1. The molecule has 2 aliphatic rings. The van der Waals surface area contributed by atoms with Gasteiger partial charge in [-0.2, -0.15) is 4.72 Å². The second-order valence-electron chi connectivity index (χ2n) is 12.8. The van der Waals surface area contributed by atoms with Crippen molar-refractivity contribution in [1.29, 1.82) is 0 Å². The number of sulfonamides is 1. The van der Waals surface area contributed by atoms with Gasteiger partial charge in [-0.1, -0.05) is 42.5 Å². The summed E-state index contributed by atoms with van der Waals surface area (Å²) in [6.45, 7) is 2.71. The van der Waals surface area contributed by atoms with Crippen molar-refractivity contribution in [2.45, 2.75) is 68.0 Å². The van der Waals surface area contributed by atoms with Gasteiger partial charge in [0.15, 0.2) is 0 Å². The first-order valence-electron chi connectivity index (χ1n) is 16.6.